The molecule has 0 atom stereocenters. The zero-order chi connectivity index (χ0) is 7.98. The molecule has 0 fully saturated rings. The van der Waals surface area contributed by atoms with E-state index in [1.165, 1.54) is 11.1 Å². The van der Waals surface area contributed by atoms with Gasteiger partial charge in [-0.15, -0.1) is 0 Å². The zero-order valence-corrected chi connectivity index (χ0v) is 6.59. The van der Waals surface area contributed by atoms with Gasteiger partial charge in [-0.2, -0.15) is 0 Å². The van der Waals surface area contributed by atoms with Crippen molar-refractivity contribution < 1.29 is 0 Å². The third kappa shape index (κ3) is 3.02. The summed E-state index contributed by atoms with van der Waals surface area (Å²) < 4.78 is 0. The number of rotatable bonds is 3. The van der Waals surface area contributed by atoms with Crippen molar-refractivity contribution in [2.24, 2.45) is 4.99 Å². The smallest absolute Gasteiger partial charge is 0.0263 e. The van der Waals surface area contributed by atoms with E-state index in [1.807, 2.05) is 26.0 Å². The molecule has 10 heavy (non-hydrogen) atoms. The average molecular weight is 135 g/mol. The van der Waals surface area contributed by atoms with Gasteiger partial charge in [0.05, 0.1) is 0 Å². The van der Waals surface area contributed by atoms with Gasteiger partial charge in [-0.1, -0.05) is 12.7 Å². The van der Waals surface area contributed by atoms with Crippen LogP contribution >= 0.6 is 0 Å². The van der Waals surface area contributed by atoms with E-state index in [4.69, 9.17) is 0 Å². The lowest BCUT2D eigenvalue weighted by Gasteiger charge is -1.93. The van der Waals surface area contributed by atoms with E-state index in [-0.39, 0.29) is 0 Å². The van der Waals surface area contributed by atoms with Crippen molar-refractivity contribution >= 4 is 6.72 Å². The van der Waals surface area contributed by atoms with Gasteiger partial charge in [0.2, 0.25) is 0 Å². The molecule has 0 bridgehead atoms. The molecular formula is C9H13N. The van der Waals surface area contributed by atoms with E-state index >= 15 is 0 Å². The van der Waals surface area contributed by atoms with E-state index in [0.29, 0.717) is 0 Å². The number of aliphatic imine (C=N–C) groups is 1. The van der Waals surface area contributed by atoms with Crippen molar-refractivity contribution in [1.82, 2.24) is 0 Å². The molecule has 0 saturated carbocycles. The molecule has 0 saturated heterocycles. The van der Waals surface area contributed by atoms with Crippen LogP contribution in [0.1, 0.15) is 13.8 Å². The Morgan fingerprint density at radius 3 is 2.30 bits per heavy atom. The molecule has 1 nitrogen and oxygen atoms in total. The number of hydrogen-bond acceptors (Lipinski definition) is 1. The van der Waals surface area contributed by atoms with E-state index in [0.717, 1.165) is 0 Å². The summed E-state index contributed by atoms with van der Waals surface area (Å²) in [4.78, 5) is 3.59. The lowest BCUT2D eigenvalue weighted by molar-refractivity contribution is 1.37. The Morgan fingerprint density at radius 2 is 1.90 bits per heavy atom. The zero-order valence-electron chi connectivity index (χ0n) is 6.59. The first-order valence-corrected chi connectivity index (χ1v) is 3.14. The molecule has 0 unspecified atom stereocenters. The largest absolute Gasteiger partial charge is 0.273 e. The highest BCUT2D eigenvalue weighted by atomic mass is 14.6. The molecule has 0 aliphatic heterocycles. The predicted octanol–water partition coefficient (Wildman–Crippen LogP) is 2.72. The summed E-state index contributed by atoms with van der Waals surface area (Å²) in [6.07, 6.45) is 5.40. The lowest BCUT2D eigenvalue weighted by atomic mass is 10.1. The van der Waals surface area contributed by atoms with Crippen LogP contribution in [0.25, 0.3) is 0 Å². The van der Waals surface area contributed by atoms with Gasteiger partial charge in [-0.25, -0.2) is 0 Å². The van der Waals surface area contributed by atoms with Gasteiger partial charge in [-0.05, 0) is 37.8 Å². The minimum Gasteiger partial charge on any atom is -0.273 e. The van der Waals surface area contributed by atoms with Gasteiger partial charge in [0.25, 0.3) is 0 Å². The summed E-state index contributed by atoms with van der Waals surface area (Å²) in [5.74, 6) is 0. The third-order valence-electron chi connectivity index (χ3n) is 1.36. The van der Waals surface area contributed by atoms with E-state index in [2.05, 4.69) is 18.3 Å². The molecular weight excluding hydrogens is 122 g/mol. The first-order valence-electron chi connectivity index (χ1n) is 3.14. The molecule has 0 aliphatic carbocycles. The average Bonchev–Trinajstić information content (AvgIpc) is 1.98. The fourth-order valence-electron chi connectivity index (χ4n) is 0.457. The monoisotopic (exact) mass is 135 g/mol. The number of allylic oxidation sites excluding steroid dienone is 4. The number of hydrogen-bond donors (Lipinski definition) is 0. The van der Waals surface area contributed by atoms with Gasteiger partial charge >= 0.3 is 0 Å². The molecule has 0 N–H and O–H groups in total. The molecule has 0 heterocycles. The highest BCUT2D eigenvalue weighted by Gasteiger charge is 1.84. The highest BCUT2D eigenvalue weighted by molar-refractivity contribution is 5.31. The van der Waals surface area contributed by atoms with Gasteiger partial charge < -0.3 is 0 Å². The maximum absolute atomic E-state index is 3.65. The Morgan fingerprint density at radius 1 is 1.30 bits per heavy atom. The lowest BCUT2D eigenvalue weighted by Crippen LogP contribution is -1.73. The molecule has 0 radical (unpaired) electrons. The summed E-state index contributed by atoms with van der Waals surface area (Å²) in [6.45, 7) is 11.0. The van der Waals surface area contributed by atoms with Crippen molar-refractivity contribution in [3.05, 3.63) is 36.1 Å². The Balaban J connectivity index is 4.31. The Labute approximate surface area is 62.5 Å². The van der Waals surface area contributed by atoms with Crippen LogP contribution in [0.5, 0.6) is 0 Å². The van der Waals surface area contributed by atoms with Crippen LogP contribution in [-0.4, -0.2) is 6.72 Å². The first kappa shape index (κ1) is 8.89. The SMILES string of the molecule is C=C/C(C)=C(C)/C=C\N=C. The second kappa shape index (κ2) is 4.74. The quantitative estimate of drug-likeness (QED) is 0.417. The Kier molecular flexibility index (Phi) is 4.21. The van der Waals surface area contributed by atoms with Crippen LogP contribution in [0.4, 0.5) is 0 Å². The predicted molar refractivity (Wildman–Crippen MR) is 47.3 cm³/mol. The maximum Gasteiger partial charge on any atom is 0.0263 e. The standard InChI is InChI=1S/C9H13N/c1-5-8(2)9(3)6-7-10-4/h5-7H,1,4H2,2-3H3/b7-6-,9-8+. The molecule has 0 spiro atoms. The normalized spacial score (nSPS) is 13.0. The molecule has 0 aromatic carbocycles. The van der Waals surface area contributed by atoms with Crippen LogP contribution < -0.4 is 0 Å². The van der Waals surface area contributed by atoms with Crippen LogP contribution in [-0.2, 0) is 0 Å². The summed E-state index contributed by atoms with van der Waals surface area (Å²) in [7, 11) is 0. The van der Waals surface area contributed by atoms with E-state index in [9.17, 15) is 0 Å². The fourth-order valence-corrected chi connectivity index (χ4v) is 0.457. The summed E-state index contributed by atoms with van der Waals surface area (Å²) in [5.41, 5.74) is 2.34. The maximum atomic E-state index is 3.65. The van der Waals surface area contributed by atoms with Crippen molar-refractivity contribution in [2.75, 3.05) is 0 Å². The van der Waals surface area contributed by atoms with Crippen LogP contribution in [0.15, 0.2) is 41.1 Å². The topological polar surface area (TPSA) is 12.4 Å². The second-order valence-corrected chi connectivity index (χ2v) is 2.07. The van der Waals surface area contributed by atoms with Crippen molar-refractivity contribution in [3.8, 4) is 0 Å². The van der Waals surface area contributed by atoms with Gasteiger partial charge in [0.1, 0.15) is 0 Å². The van der Waals surface area contributed by atoms with E-state index < -0.39 is 0 Å². The Bertz CT molecular complexity index is 185. The van der Waals surface area contributed by atoms with Crippen molar-refractivity contribution in [3.63, 3.8) is 0 Å². The third-order valence-corrected chi connectivity index (χ3v) is 1.36. The number of nitrogens with zero attached hydrogens (tertiary/aromatic N) is 1. The van der Waals surface area contributed by atoms with Crippen molar-refractivity contribution in [1.29, 1.82) is 0 Å². The van der Waals surface area contributed by atoms with Crippen molar-refractivity contribution in [2.45, 2.75) is 13.8 Å². The van der Waals surface area contributed by atoms with Crippen LogP contribution in [0, 0.1) is 0 Å². The molecule has 0 aromatic rings. The second-order valence-electron chi connectivity index (χ2n) is 2.07. The highest BCUT2D eigenvalue weighted by Crippen LogP contribution is 2.04. The van der Waals surface area contributed by atoms with E-state index in [1.54, 1.807) is 6.20 Å². The minimum absolute atomic E-state index is 1.17. The minimum atomic E-state index is 1.17. The molecule has 1 heteroatoms. The first-order chi connectivity index (χ1) is 4.72. The van der Waals surface area contributed by atoms with Gasteiger partial charge in [0, 0.05) is 6.20 Å². The van der Waals surface area contributed by atoms with Gasteiger partial charge in [0.15, 0.2) is 0 Å². The van der Waals surface area contributed by atoms with Gasteiger partial charge in [-0.3, -0.25) is 4.99 Å². The molecule has 0 aromatic heterocycles. The molecule has 54 valence electrons. The summed E-state index contributed by atoms with van der Waals surface area (Å²) in [6, 6.07) is 0. The fraction of sp³-hybridized carbons (Fsp3) is 0.222. The van der Waals surface area contributed by atoms with Crippen LogP contribution in [0.2, 0.25) is 0 Å². The van der Waals surface area contributed by atoms with Crippen LogP contribution in [0.3, 0.4) is 0 Å². The molecule has 0 aliphatic rings. The molecule has 0 amide bonds. The molecule has 0 rings (SSSR count). The summed E-state index contributed by atoms with van der Waals surface area (Å²) >= 11 is 0. The summed E-state index contributed by atoms with van der Waals surface area (Å²) in [5, 5.41) is 0. The Hall–Kier alpha value is -1.11.